The van der Waals surface area contributed by atoms with Crippen LogP contribution in [0.4, 0.5) is 13.2 Å². The summed E-state index contributed by atoms with van der Waals surface area (Å²) in [6.45, 7) is 0. The van der Waals surface area contributed by atoms with Crippen molar-refractivity contribution in [2.75, 3.05) is 0 Å². The molecule has 0 fully saturated rings. The van der Waals surface area contributed by atoms with Gasteiger partial charge < -0.3 is 5.73 Å². The van der Waals surface area contributed by atoms with Gasteiger partial charge >= 0.3 is 6.18 Å². The molecule has 1 atom stereocenters. The van der Waals surface area contributed by atoms with Crippen LogP contribution in [0.5, 0.6) is 0 Å². The first kappa shape index (κ1) is 11.0. The molecular formula is C8H7F3N2S. The van der Waals surface area contributed by atoms with Crippen molar-refractivity contribution in [3.63, 3.8) is 0 Å². The molecule has 0 bridgehead atoms. The van der Waals surface area contributed by atoms with Crippen LogP contribution in [-0.2, 0) is 0 Å². The van der Waals surface area contributed by atoms with E-state index in [1.54, 1.807) is 0 Å². The largest absolute Gasteiger partial charge is 0.390 e. The Bertz CT molecular complexity index is 350. The third-order valence-electron chi connectivity index (χ3n) is 1.61. The van der Waals surface area contributed by atoms with Crippen LogP contribution in [0.25, 0.3) is 0 Å². The van der Waals surface area contributed by atoms with Crippen LogP contribution >= 0.6 is 11.3 Å². The second-order valence-electron chi connectivity index (χ2n) is 2.78. The SMILES string of the molecule is N#Cc1cc([C@@H](N)CC(F)(F)F)cs1. The van der Waals surface area contributed by atoms with Crippen molar-refractivity contribution in [2.24, 2.45) is 5.73 Å². The van der Waals surface area contributed by atoms with Gasteiger partial charge in [0.1, 0.15) is 10.9 Å². The number of rotatable bonds is 2. The van der Waals surface area contributed by atoms with Crippen LogP contribution in [0.2, 0.25) is 0 Å². The number of nitriles is 1. The Morgan fingerprint density at radius 3 is 2.64 bits per heavy atom. The Kier molecular flexibility index (Phi) is 3.13. The van der Waals surface area contributed by atoms with Crippen LogP contribution in [0.3, 0.4) is 0 Å². The van der Waals surface area contributed by atoms with Crippen molar-refractivity contribution >= 4 is 11.3 Å². The van der Waals surface area contributed by atoms with E-state index in [0.29, 0.717) is 10.4 Å². The number of halogens is 3. The van der Waals surface area contributed by atoms with E-state index in [-0.39, 0.29) is 0 Å². The Balaban J connectivity index is 2.71. The number of thiophene rings is 1. The molecule has 2 N–H and O–H groups in total. The van der Waals surface area contributed by atoms with Crippen LogP contribution < -0.4 is 5.73 Å². The van der Waals surface area contributed by atoms with Crippen molar-refractivity contribution in [3.05, 3.63) is 21.9 Å². The molecule has 1 heterocycles. The molecule has 76 valence electrons. The number of nitrogens with two attached hydrogens (primary N) is 1. The second-order valence-corrected chi connectivity index (χ2v) is 3.69. The molecule has 0 saturated carbocycles. The van der Waals surface area contributed by atoms with E-state index in [9.17, 15) is 13.2 Å². The molecule has 1 aromatic heterocycles. The average molecular weight is 220 g/mol. The highest BCUT2D eigenvalue weighted by Crippen LogP contribution is 2.29. The van der Waals surface area contributed by atoms with E-state index in [1.165, 1.54) is 11.4 Å². The summed E-state index contributed by atoms with van der Waals surface area (Å²) in [5.74, 6) is 0. The summed E-state index contributed by atoms with van der Waals surface area (Å²) in [7, 11) is 0. The maximum absolute atomic E-state index is 11.9. The van der Waals surface area contributed by atoms with E-state index < -0.39 is 18.6 Å². The standard InChI is InChI=1S/C8H7F3N2S/c9-8(10,11)2-7(13)5-1-6(3-12)14-4-5/h1,4,7H,2,13H2/t7-/m0/s1. The van der Waals surface area contributed by atoms with Gasteiger partial charge in [-0.3, -0.25) is 0 Å². The summed E-state index contributed by atoms with van der Waals surface area (Å²) in [5.41, 5.74) is 5.69. The molecule has 0 spiro atoms. The zero-order valence-electron chi connectivity index (χ0n) is 7.01. The van der Waals surface area contributed by atoms with E-state index in [1.807, 2.05) is 6.07 Å². The highest BCUT2D eigenvalue weighted by Gasteiger charge is 2.31. The summed E-state index contributed by atoms with van der Waals surface area (Å²) in [5, 5.41) is 9.94. The third kappa shape index (κ3) is 3.01. The van der Waals surface area contributed by atoms with Crippen LogP contribution in [0.1, 0.15) is 22.9 Å². The predicted octanol–water partition coefficient (Wildman–Crippen LogP) is 2.57. The monoisotopic (exact) mass is 220 g/mol. The minimum Gasteiger partial charge on any atom is -0.324 e. The average Bonchev–Trinajstić information content (AvgIpc) is 2.48. The van der Waals surface area contributed by atoms with Crippen LogP contribution in [0, 0.1) is 11.3 Å². The maximum Gasteiger partial charge on any atom is 0.390 e. The first-order valence-corrected chi connectivity index (χ1v) is 4.61. The highest BCUT2D eigenvalue weighted by molar-refractivity contribution is 7.10. The lowest BCUT2D eigenvalue weighted by molar-refractivity contribution is -0.138. The molecule has 0 saturated heterocycles. The van der Waals surface area contributed by atoms with Gasteiger partial charge in [0.15, 0.2) is 0 Å². The van der Waals surface area contributed by atoms with E-state index in [0.717, 1.165) is 11.3 Å². The molecule has 6 heteroatoms. The molecule has 2 nitrogen and oxygen atoms in total. The summed E-state index contributed by atoms with van der Waals surface area (Å²) in [6, 6.07) is 2.16. The summed E-state index contributed by atoms with van der Waals surface area (Å²) in [6.07, 6.45) is -5.33. The minimum absolute atomic E-state index is 0.365. The normalized spacial score (nSPS) is 13.6. The Labute approximate surface area is 82.8 Å². The van der Waals surface area contributed by atoms with Gasteiger partial charge in [-0.1, -0.05) is 0 Å². The maximum atomic E-state index is 11.9. The zero-order chi connectivity index (χ0) is 10.8. The van der Waals surface area contributed by atoms with Crippen molar-refractivity contribution in [3.8, 4) is 6.07 Å². The Morgan fingerprint density at radius 1 is 1.57 bits per heavy atom. The third-order valence-corrected chi connectivity index (χ3v) is 2.46. The molecule has 1 rings (SSSR count). The molecule has 1 aromatic rings. The van der Waals surface area contributed by atoms with Crippen LogP contribution in [0.15, 0.2) is 11.4 Å². The first-order valence-electron chi connectivity index (χ1n) is 3.73. The van der Waals surface area contributed by atoms with Crippen molar-refractivity contribution in [1.82, 2.24) is 0 Å². The number of hydrogen-bond donors (Lipinski definition) is 1. The van der Waals surface area contributed by atoms with Crippen molar-refractivity contribution < 1.29 is 13.2 Å². The summed E-state index contributed by atoms with van der Waals surface area (Å²) in [4.78, 5) is 0.373. The van der Waals surface area contributed by atoms with E-state index in [4.69, 9.17) is 11.0 Å². The fourth-order valence-corrected chi connectivity index (χ4v) is 1.73. The fraction of sp³-hybridized carbons (Fsp3) is 0.375. The summed E-state index contributed by atoms with van der Waals surface area (Å²) < 4.78 is 35.8. The first-order chi connectivity index (χ1) is 6.42. The molecule has 0 aliphatic rings. The molecule has 0 radical (unpaired) electrons. The predicted molar refractivity (Wildman–Crippen MR) is 46.6 cm³/mol. The number of alkyl halides is 3. The Morgan fingerprint density at radius 2 is 2.21 bits per heavy atom. The molecule has 0 aromatic carbocycles. The quantitative estimate of drug-likeness (QED) is 0.832. The van der Waals surface area contributed by atoms with Gasteiger partial charge in [-0.25, -0.2) is 0 Å². The highest BCUT2D eigenvalue weighted by atomic mass is 32.1. The summed E-state index contributed by atoms with van der Waals surface area (Å²) >= 11 is 1.10. The fourth-order valence-electron chi connectivity index (χ4n) is 0.971. The van der Waals surface area contributed by atoms with Crippen LogP contribution in [-0.4, -0.2) is 6.18 Å². The van der Waals surface area contributed by atoms with Gasteiger partial charge in [-0.2, -0.15) is 18.4 Å². The van der Waals surface area contributed by atoms with Crippen molar-refractivity contribution in [2.45, 2.75) is 18.6 Å². The molecular weight excluding hydrogens is 213 g/mol. The lowest BCUT2D eigenvalue weighted by Crippen LogP contribution is -2.19. The molecule has 0 unspecified atom stereocenters. The zero-order valence-corrected chi connectivity index (χ0v) is 7.82. The van der Waals surface area contributed by atoms with Gasteiger partial charge in [-0.05, 0) is 17.0 Å². The topological polar surface area (TPSA) is 49.8 Å². The number of hydrogen-bond acceptors (Lipinski definition) is 3. The smallest absolute Gasteiger partial charge is 0.324 e. The van der Waals surface area contributed by atoms with Gasteiger partial charge in [0.2, 0.25) is 0 Å². The molecule has 0 aliphatic heterocycles. The van der Waals surface area contributed by atoms with Gasteiger partial charge in [0, 0.05) is 6.04 Å². The van der Waals surface area contributed by atoms with Gasteiger partial charge in [-0.15, -0.1) is 11.3 Å². The minimum atomic E-state index is -4.27. The second kappa shape index (κ2) is 3.98. The van der Waals surface area contributed by atoms with Gasteiger partial charge in [0.05, 0.1) is 6.42 Å². The Hall–Kier alpha value is -1.06. The molecule has 14 heavy (non-hydrogen) atoms. The van der Waals surface area contributed by atoms with Gasteiger partial charge in [0.25, 0.3) is 0 Å². The van der Waals surface area contributed by atoms with Crippen molar-refractivity contribution in [1.29, 1.82) is 5.26 Å². The molecule has 0 aliphatic carbocycles. The lowest BCUT2D eigenvalue weighted by Gasteiger charge is -2.12. The lowest BCUT2D eigenvalue weighted by atomic mass is 10.1. The number of nitrogens with zero attached hydrogens (tertiary/aromatic N) is 1. The van der Waals surface area contributed by atoms with E-state index in [2.05, 4.69) is 0 Å². The molecule has 0 amide bonds. The van der Waals surface area contributed by atoms with E-state index >= 15 is 0 Å².